The van der Waals surface area contributed by atoms with E-state index in [-0.39, 0.29) is 59.6 Å². The van der Waals surface area contributed by atoms with Gasteiger partial charge in [-0.1, -0.05) is 0 Å². The van der Waals surface area contributed by atoms with E-state index in [2.05, 4.69) is 0 Å². The van der Waals surface area contributed by atoms with Crippen molar-refractivity contribution < 1.29 is 77.1 Å². The molecule has 0 amide bonds. The van der Waals surface area contributed by atoms with Gasteiger partial charge in [-0.2, -0.15) is 0 Å². The summed E-state index contributed by atoms with van der Waals surface area (Å²) in [5.41, 5.74) is 0. The van der Waals surface area contributed by atoms with Crippen LogP contribution in [0.25, 0.3) is 0 Å². The van der Waals surface area contributed by atoms with Crippen molar-refractivity contribution in [2.45, 2.75) is 0 Å². The maximum atomic E-state index is 8.52. The van der Waals surface area contributed by atoms with Crippen molar-refractivity contribution in [3.05, 3.63) is 0 Å². The molecule has 0 unspecified atom stereocenters. The molecule has 0 heterocycles. The van der Waals surface area contributed by atoms with Gasteiger partial charge in [0.25, 0.3) is 0 Å². The van der Waals surface area contributed by atoms with Crippen LogP contribution in [0.1, 0.15) is 1.43 Å². The summed E-state index contributed by atoms with van der Waals surface area (Å²) in [6.45, 7) is 0. The molecule has 6 heteroatoms. The topological polar surface area (TPSA) is 80.3 Å². The van der Waals surface area contributed by atoms with Crippen LogP contribution in [0.15, 0.2) is 0 Å². The van der Waals surface area contributed by atoms with Gasteiger partial charge in [0.2, 0.25) is 0 Å². The molecule has 0 bridgehead atoms. The van der Waals surface area contributed by atoms with E-state index in [1.807, 2.05) is 0 Å². The molecule has 0 rings (SSSR count). The van der Waals surface area contributed by atoms with Crippen molar-refractivity contribution in [1.29, 1.82) is 0 Å². The van der Waals surface area contributed by atoms with E-state index in [0.717, 1.165) is 0 Å². The van der Waals surface area contributed by atoms with Crippen LogP contribution in [0.2, 0.25) is 0 Å². The van der Waals surface area contributed by atoms with E-state index in [0.29, 0.717) is 0 Å². The molecule has 0 aromatic heterocycles. The van der Waals surface area contributed by atoms with Crippen molar-refractivity contribution in [2.75, 3.05) is 0 Å². The van der Waals surface area contributed by atoms with Crippen LogP contribution in [0.4, 0.5) is 0 Å². The SMILES string of the molecule is O=S(=O)([O-])[O-].[H+].[Rb+]. The normalized spacial score (nSPS) is 9.67. The molecule has 6 heavy (non-hydrogen) atoms. The van der Waals surface area contributed by atoms with Crippen LogP contribution in [0.5, 0.6) is 0 Å². The van der Waals surface area contributed by atoms with Crippen LogP contribution >= 0.6 is 0 Å². The third-order valence-corrected chi connectivity index (χ3v) is 0. The molecule has 32 valence electrons. The average molecular weight is 183 g/mol. The van der Waals surface area contributed by atoms with Gasteiger partial charge in [0.1, 0.15) is 0 Å². The van der Waals surface area contributed by atoms with Gasteiger partial charge in [0.05, 0.1) is 0 Å². The largest absolute Gasteiger partial charge is 1.00 e. The molecular weight excluding hydrogens is 182 g/mol. The van der Waals surface area contributed by atoms with Crippen molar-refractivity contribution in [2.24, 2.45) is 0 Å². The molecule has 0 aliphatic heterocycles. The molecule has 0 saturated carbocycles. The standard InChI is InChI=1S/H2O4S.Rb/c1-5(2,3)4;/h(H2,1,2,3,4);/q;+1/p-1. The first-order chi connectivity index (χ1) is 2.00. The second-order valence-electron chi connectivity index (χ2n) is 0.408. The first-order valence-electron chi connectivity index (χ1n) is 0.667. The monoisotopic (exact) mass is 182 g/mol. The summed E-state index contributed by atoms with van der Waals surface area (Å²) in [5.74, 6) is 0. The van der Waals surface area contributed by atoms with Crippen LogP contribution in [-0.2, 0) is 10.4 Å². The van der Waals surface area contributed by atoms with Gasteiger partial charge in [-0.15, -0.1) is 0 Å². The molecule has 0 aromatic carbocycles. The third kappa shape index (κ3) is 44.2. The summed E-state index contributed by atoms with van der Waals surface area (Å²) in [5, 5.41) is 0. The fourth-order valence-corrected chi connectivity index (χ4v) is 0. The molecule has 0 aliphatic carbocycles. The van der Waals surface area contributed by atoms with E-state index in [4.69, 9.17) is 17.5 Å². The summed E-state index contributed by atoms with van der Waals surface area (Å²) in [4.78, 5) is 0. The predicted molar refractivity (Wildman–Crippen MR) is 11.6 cm³/mol. The first-order valence-corrected chi connectivity index (χ1v) is 2.00. The summed E-state index contributed by atoms with van der Waals surface area (Å²) in [7, 11) is -5.17. The Labute approximate surface area is 85.8 Å². The Morgan fingerprint density at radius 3 is 1.33 bits per heavy atom. The quantitative estimate of drug-likeness (QED) is 0.281. The van der Waals surface area contributed by atoms with Crippen molar-refractivity contribution in [1.82, 2.24) is 0 Å². The summed E-state index contributed by atoms with van der Waals surface area (Å²) in [6.07, 6.45) is 0. The smallest absolute Gasteiger partial charge is 0.759 e. The first kappa shape index (κ1) is 10.6. The van der Waals surface area contributed by atoms with Crippen molar-refractivity contribution in [3.8, 4) is 0 Å². The molecule has 4 nitrogen and oxygen atoms in total. The van der Waals surface area contributed by atoms with Gasteiger partial charge >= 0.3 is 59.6 Å². The zero-order chi connectivity index (χ0) is 4.50. The minimum absolute atomic E-state index is 0. The summed E-state index contributed by atoms with van der Waals surface area (Å²) in [6, 6.07) is 0. The van der Waals surface area contributed by atoms with E-state index in [1.54, 1.807) is 0 Å². The molecule has 0 N–H and O–H groups in total. The van der Waals surface area contributed by atoms with Crippen LogP contribution < -0.4 is 58.2 Å². The zero-order valence-electron chi connectivity index (χ0n) is 4.04. The number of hydrogen-bond donors (Lipinski definition) is 0. The molecule has 0 fully saturated rings. The maximum absolute atomic E-state index is 8.52. The van der Waals surface area contributed by atoms with Gasteiger partial charge < -0.3 is 9.11 Å². The minimum Gasteiger partial charge on any atom is -0.759 e. The Hall–Kier alpha value is 1.68. The second-order valence-corrected chi connectivity index (χ2v) is 1.22. The molecule has 0 saturated heterocycles. The van der Waals surface area contributed by atoms with Gasteiger partial charge in [-0.3, -0.25) is 8.42 Å². The van der Waals surface area contributed by atoms with Crippen molar-refractivity contribution >= 4 is 10.4 Å². The average Bonchev–Trinajstić information content (AvgIpc) is 0.722. The fraction of sp³-hybridized carbons (Fsp3) is 0. The Bertz CT molecular complexity index is 94.9. The second kappa shape index (κ2) is 3.65. The summed E-state index contributed by atoms with van der Waals surface area (Å²) < 4.78 is 34.1. The predicted octanol–water partition coefficient (Wildman–Crippen LogP) is -4.22. The third-order valence-electron chi connectivity index (χ3n) is 0. The van der Waals surface area contributed by atoms with Crippen LogP contribution in [0, 0.1) is 0 Å². The molecular formula is HO4RbS. The van der Waals surface area contributed by atoms with Gasteiger partial charge in [-0.05, 0) is 0 Å². The van der Waals surface area contributed by atoms with Crippen LogP contribution in [0.3, 0.4) is 0 Å². The van der Waals surface area contributed by atoms with Crippen molar-refractivity contribution in [3.63, 3.8) is 0 Å². The Morgan fingerprint density at radius 1 is 1.33 bits per heavy atom. The molecule has 0 aliphatic rings. The maximum Gasteiger partial charge on any atom is 1.00 e. The summed E-state index contributed by atoms with van der Waals surface area (Å²) >= 11 is 0. The Kier molecular flexibility index (Phi) is 6.46. The van der Waals surface area contributed by atoms with Gasteiger partial charge in [0, 0.05) is 10.4 Å². The molecule has 0 aromatic rings. The number of hydrogen-bond acceptors (Lipinski definition) is 4. The van der Waals surface area contributed by atoms with E-state index in [1.165, 1.54) is 0 Å². The van der Waals surface area contributed by atoms with Crippen LogP contribution in [-0.4, -0.2) is 17.5 Å². The van der Waals surface area contributed by atoms with E-state index < -0.39 is 10.4 Å². The zero-order valence-corrected chi connectivity index (χ0v) is 8.77. The fourth-order valence-electron chi connectivity index (χ4n) is 0. The Balaban J connectivity index is -0.0000000800. The Morgan fingerprint density at radius 2 is 1.33 bits per heavy atom. The van der Waals surface area contributed by atoms with Gasteiger partial charge in [-0.25, -0.2) is 0 Å². The van der Waals surface area contributed by atoms with Gasteiger partial charge in [0.15, 0.2) is 0 Å². The molecule has 0 atom stereocenters. The molecule has 0 radical (unpaired) electrons. The number of rotatable bonds is 0. The minimum atomic E-state index is -5.17. The van der Waals surface area contributed by atoms with E-state index in [9.17, 15) is 0 Å². The molecule has 0 spiro atoms. The van der Waals surface area contributed by atoms with E-state index >= 15 is 0 Å².